The number of pyridine rings is 1. The molecular weight excluding hydrogens is 334 g/mol. The van der Waals surface area contributed by atoms with Gasteiger partial charge in [-0.15, -0.1) is 0 Å². The third-order valence-corrected chi connectivity index (χ3v) is 5.50. The number of rotatable bonds is 0. The monoisotopic (exact) mass is 349 g/mol. The number of fused-ring (bicyclic) bond motifs is 8. The molecule has 3 heterocycles. The quantitative estimate of drug-likeness (QED) is 0.625. The van der Waals surface area contributed by atoms with Crippen LogP contribution in [0.2, 0.25) is 0 Å². The number of aryl methyl sites for hydroxylation is 2. The average Bonchev–Trinajstić information content (AvgIpc) is 3.31. The van der Waals surface area contributed by atoms with Gasteiger partial charge in [0, 0.05) is 12.6 Å². The topological polar surface area (TPSA) is 58.9 Å². The minimum Gasteiger partial charge on any atom is -0.454 e. The highest BCUT2D eigenvalue weighted by atomic mass is 16.7. The molecule has 26 heavy (non-hydrogen) atoms. The molecule has 0 fully saturated rings. The highest BCUT2D eigenvalue weighted by Crippen LogP contribution is 2.45. The molecule has 0 saturated carbocycles. The van der Waals surface area contributed by atoms with Crippen LogP contribution in [0.25, 0.3) is 22.0 Å². The molecule has 130 valence electrons. The molecule has 1 aliphatic carbocycles. The number of nitrogens with zero attached hydrogens (tertiary/aromatic N) is 1. The molecule has 6 nitrogen and oxygen atoms in total. The van der Waals surface area contributed by atoms with E-state index in [1.807, 2.05) is 31.3 Å². The average molecular weight is 349 g/mol. The van der Waals surface area contributed by atoms with E-state index < -0.39 is 0 Å². The molecule has 0 atom stereocenters. The first-order valence-electron chi connectivity index (χ1n) is 8.59. The summed E-state index contributed by atoms with van der Waals surface area (Å²) in [5, 5.41) is 1.54. The van der Waals surface area contributed by atoms with Gasteiger partial charge in [-0.2, -0.15) is 0 Å². The minimum absolute atomic E-state index is 0.0772. The normalized spacial score (nSPS) is 15.9. The summed E-state index contributed by atoms with van der Waals surface area (Å²) in [6.07, 6.45) is 1.74. The number of hydrogen-bond acceptors (Lipinski definition) is 5. The minimum atomic E-state index is -0.0772. The van der Waals surface area contributed by atoms with Crippen molar-refractivity contribution >= 4 is 10.8 Å². The Hall–Kier alpha value is -3.15. The Bertz CT molecular complexity index is 1180. The van der Waals surface area contributed by atoms with E-state index in [2.05, 4.69) is 0 Å². The molecule has 1 aromatic heterocycles. The lowest BCUT2D eigenvalue weighted by molar-refractivity contribution is 0.174. The molecule has 0 amide bonds. The maximum absolute atomic E-state index is 13.2. The molecule has 0 saturated heterocycles. The molecule has 3 aromatic rings. The van der Waals surface area contributed by atoms with Crippen LogP contribution in [0.5, 0.6) is 23.0 Å². The summed E-state index contributed by atoms with van der Waals surface area (Å²) in [5.41, 5.74) is 4.24. The number of benzene rings is 2. The summed E-state index contributed by atoms with van der Waals surface area (Å²) < 4.78 is 23.8. The van der Waals surface area contributed by atoms with Crippen molar-refractivity contribution in [2.24, 2.45) is 7.05 Å². The van der Waals surface area contributed by atoms with Crippen molar-refractivity contribution in [2.45, 2.75) is 12.8 Å². The lowest BCUT2D eigenvalue weighted by Crippen LogP contribution is -2.23. The SMILES string of the molecule is Cn1c2c(c3ccc4c(c3c1=O)OCO4)CCc1cc3c(cc1-2)OCO3. The fourth-order valence-corrected chi connectivity index (χ4v) is 4.30. The molecule has 0 unspecified atom stereocenters. The fourth-order valence-electron chi connectivity index (χ4n) is 4.30. The van der Waals surface area contributed by atoms with E-state index in [1.54, 1.807) is 4.57 Å². The number of aromatic nitrogens is 1. The molecule has 2 aliphatic heterocycles. The van der Waals surface area contributed by atoms with E-state index >= 15 is 0 Å². The Morgan fingerprint density at radius 1 is 0.923 bits per heavy atom. The summed E-state index contributed by atoms with van der Waals surface area (Å²) in [5.74, 6) is 2.70. The predicted molar refractivity (Wildman–Crippen MR) is 94.3 cm³/mol. The van der Waals surface area contributed by atoms with Crippen LogP contribution in [0.3, 0.4) is 0 Å². The Morgan fingerprint density at radius 3 is 2.58 bits per heavy atom. The maximum atomic E-state index is 13.2. The summed E-state index contributed by atoms with van der Waals surface area (Å²) in [6, 6.07) is 7.89. The van der Waals surface area contributed by atoms with Gasteiger partial charge in [0.05, 0.1) is 11.1 Å². The van der Waals surface area contributed by atoms with Crippen LogP contribution >= 0.6 is 0 Å². The van der Waals surface area contributed by atoms with Crippen LogP contribution in [-0.4, -0.2) is 18.2 Å². The van der Waals surface area contributed by atoms with E-state index in [0.29, 0.717) is 16.9 Å². The van der Waals surface area contributed by atoms with Crippen molar-refractivity contribution in [2.75, 3.05) is 13.6 Å². The first-order valence-corrected chi connectivity index (χ1v) is 8.59. The van der Waals surface area contributed by atoms with Gasteiger partial charge in [-0.25, -0.2) is 0 Å². The van der Waals surface area contributed by atoms with E-state index in [4.69, 9.17) is 18.9 Å². The van der Waals surface area contributed by atoms with Crippen LogP contribution in [0, 0.1) is 0 Å². The first-order chi connectivity index (χ1) is 12.7. The van der Waals surface area contributed by atoms with Crippen LogP contribution < -0.4 is 24.5 Å². The molecule has 6 rings (SSSR count). The van der Waals surface area contributed by atoms with Crippen molar-refractivity contribution < 1.29 is 18.9 Å². The van der Waals surface area contributed by atoms with Gasteiger partial charge in [0.25, 0.3) is 5.56 Å². The van der Waals surface area contributed by atoms with Crippen molar-refractivity contribution in [1.82, 2.24) is 4.57 Å². The molecule has 0 spiro atoms. The molecule has 0 N–H and O–H groups in total. The van der Waals surface area contributed by atoms with E-state index in [0.717, 1.165) is 46.5 Å². The second-order valence-corrected chi connectivity index (χ2v) is 6.78. The summed E-state index contributed by atoms with van der Waals surface area (Å²) in [7, 11) is 1.81. The van der Waals surface area contributed by atoms with Crippen LogP contribution in [0.4, 0.5) is 0 Å². The van der Waals surface area contributed by atoms with Gasteiger partial charge in [-0.3, -0.25) is 4.79 Å². The molecule has 0 bridgehead atoms. The molecule has 2 aromatic carbocycles. The smallest absolute Gasteiger partial charge is 0.262 e. The molecular formula is C20H15NO5. The Labute approximate surface area is 148 Å². The zero-order chi connectivity index (χ0) is 17.4. The van der Waals surface area contributed by atoms with Crippen LogP contribution in [0.1, 0.15) is 11.1 Å². The second-order valence-electron chi connectivity index (χ2n) is 6.78. The van der Waals surface area contributed by atoms with Crippen molar-refractivity contribution in [3.8, 4) is 34.3 Å². The van der Waals surface area contributed by atoms with Crippen molar-refractivity contribution in [3.63, 3.8) is 0 Å². The molecule has 3 aliphatic rings. The summed E-state index contributed by atoms with van der Waals surface area (Å²) in [6.45, 7) is 0.395. The maximum Gasteiger partial charge on any atom is 0.262 e. The van der Waals surface area contributed by atoms with E-state index in [-0.39, 0.29) is 19.1 Å². The highest BCUT2D eigenvalue weighted by Gasteiger charge is 2.29. The van der Waals surface area contributed by atoms with E-state index in [1.165, 1.54) is 5.56 Å². The largest absolute Gasteiger partial charge is 0.454 e. The summed E-state index contributed by atoms with van der Waals surface area (Å²) in [4.78, 5) is 13.2. The fraction of sp³-hybridized carbons (Fsp3) is 0.250. The van der Waals surface area contributed by atoms with Gasteiger partial charge in [0.2, 0.25) is 13.6 Å². The van der Waals surface area contributed by atoms with Gasteiger partial charge in [-0.05, 0) is 53.6 Å². The van der Waals surface area contributed by atoms with Gasteiger partial charge in [0.15, 0.2) is 23.0 Å². The third-order valence-electron chi connectivity index (χ3n) is 5.50. The first kappa shape index (κ1) is 14.1. The third kappa shape index (κ3) is 1.64. The lowest BCUT2D eigenvalue weighted by Gasteiger charge is -2.24. The predicted octanol–water partition coefficient (Wildman–Crippen LogP) is 2.76. The van der Waals surface area contributed by atoms with Crippen molar-refractivity contribution in [3.05, 3.63) is 45.7 Å². The van der Waals surface area contributed by atoms with Crippen LogP contribution in [-0.2, 0) is 19.9 Å². The second kappa shape index (κ2) is 4.72. The number of hydrogen-bond donors (Lipinski definition) is 0. The highest BCUT2D eigenvalue weighted by molar-refractivity contribution is 5.97. The van der Waals surface area contributed by atoms with Gasteiger partial charge < -0.3 is 23.5 Å². The van der Waals surface area contributed by atoms with Gasteiger partial charge in [-0.1, -0.05) is 0 Å². The number of ether oxygens (including phenoxy) is 4. The molecule has 6 heteroatoms. The Balaban J connectivity index is 1.73. The zero-order valence-corrected chi connectivity index (χ0v) is 14.1. The molecule has 0 radical (unpaired) electrons. The standard InChI is InChI=1S/C20H15NO5/c1-21-18-12(3-2-10-6-15-16(7-13(10)18)25-8-24-15)11-4-5-14-19(26-9-23-14)17(11)20(21)22/h4-7H,2-3,8-9H2,1H3. The van der Waals surface area contributed by atoms with Crippen molar-refractivity contribution in [1.29, 1.82) is 0 Å². The van der Waals surface area contributed by atoms with Gasteiger partial charge in [0.1, 0.15) is 0 Å². The Kier molecular flexibility index (Phi) is 2.55. The zero-order valence-electron chi connectivity index (χ0n) is 14.1. The van der Waals surface area contributed by atoms with Gasteiger partial charge >= 0.3 is 0 Å². The summed E-state index contributed by atoms with van der Waals surface area (Å²) >= 11 is 0. The lowest BCUT2D eigenvalue weighted by atomic mass is 9.85. The van der Waals surface area contributed by atoms with E-state index in [9.17, 15) is 4.79 Å². The Morgan fingerprint density at radius 2 is 1.69 bits per heavy atom. The van der Waals surface area contributed by atoms with Crippen LogP contribution in [0.15, 0.2) is 29.1 Å².